The monoisotopic (exact) mass is 402 g/mol. The minimum Gasteiger partial charge on any atom is -0.497 e. The number of ether oxygens (including phenoxy) is 2. The number of hydrogen-bond donors (Lipinski definition) is 0. The van der Waals surface area contributed by atoms with E-state index in [2.05, 4.69) is 22.6 Å². The van der Waals surface area contributed by atoms with Gasteiger partial charge in [-0.1, -0.05) is 58.5 Å². The second kappa shape index (κ2) is 7.86. The Morgan fingerprint density at radius 2 is 1.95 bits per heavy atom. The van der Waals surface area contributed by atoms with Crippen LogP contribution in [0.4, 0.5) is 0 Å². The van der Waals surface area contributed by atoms with Crippen LogP contribution in [0.3, 0.4) is 0 Å². The Labute approximate surface area is 138 Å². The van der Waals surface area contributed by atoms with Gasteiger partial charge in [0, 0.05) is 9.45 Å². The third-order valence-corrected chi connectivity index (χ3v) is 3.98. The average molecular weight is 403 g/mol. The molecule has 0 spiro atoms. The molecule has 0 aliphatic carbocycles. The van der Waals surface area contributed by atoms with E-state index in [0.29, 0.717) is 6.61 Å². The van der Waals surface area contributed by atoms with Crippen molar-refractivity contribution in [1.29, 1.82) is 0 Å². The van der Waals surface area contributed by atoms with Crippen LogP contribution in [0.2, 0.25) is 5.02 Å². The van der Waals surface area contributed by atoms with Crippen molar-refractivity contribution < 1.29 is 9.47 Å². The summed E-state index contributed by atoms with van der Waals surface area (Å²) in [6.45, 7) is 0.553. The quantitative estimate of drug-likeness (QED) is 0.498. The van der Waals surface area contributed by atoms with E-state index in [1.807, 2.05) is 48.5 Å². The van der Waals surface area contributed by atoms with Crippen LogP contribution in [0, 0.1) is 0 Å². The van der Waals surface area contributed by atoms with Crippen molar-refractivity contribution in [1.82, 2.24) is 0 Å². The molecule has 0 aliphatic rings. The summed E-state index contributed by atoms with van der Waals surface area (Å²) in [6.07, 6.45) is 0.0421. The van der Waals surface area contributed by atoms with Gasteiger partial charge in [-0.25, -0.2) is 0 Å². The van der Waals surface area contributed by atoms with Crippen molar-refractivity contribution >= 4 is 34.2 Å². The number of hydrogen-bond acceptors (Lipinski definition) is 2. The third-order valence-electron chi connectivity index (χ3n) is 2.95. The average Bonchev–Trinajstić information content (AvgIpc) is 2.48. The highest BCUT2D eigenvalue weighted by Gasteiger charge is 2.11. The van der Waals surface area contributed by atoms with Crippen LogP contribution in [-0.2, 0) is 11.3 Å². The number of methoxy groups -OCH3 is 1. The summed E-state index contributed by atoms with van der Waals surface area (Å²) in [6, 6.07) is 15.7. The lowest BCUT2D eigenvalue weighted by Gasteiger charge is -2.16. The molecule has 0 amide bonds. The van der Waals surface area contributed by atoms with Gasteiger partial charge in [-0.15, -0.1) is 0 Å². The molecule has 4 heteroatoms. The van der Waals surface area contributed by atoms with Gasteiger partial charge in [0.25, 0.3) is 0 Å². The first-order chi connectivity index (χ1) is 9.72. The molecule has 0 bridgehead atoms. The molecule has 0 aromatic heterocycles. The largest absolute Gasteiger partial charge is 0.497 e. The number of rotatable bonds is 6. The maximum atomic E-state index is 6.03. The van der Waals surface area contributed by atoms with E-state index in [4.69, 9.17) is 21.1 Å². The van der Waals surface area contributed by atoms with Gasteiger partial charge < -0.3 is 9.47 Å². The zero-order chi connectivity index (χ0) is 14.4. The van der Waals surface area contributed by atoms with Crippen LogP contribution in [0.5, 0.6) is 5.75 Å². The molecule has 0 heterocycles. The summed E-state index contributed by atoms with van der Waals surface area (Å²) >= 11 is 8.36. The van der Waals surface area contributed by atoms with Crippen LogP contribution in [0.15, 0.2) is 48.5 Å². The van der Waals surface area contributed by atoms with Crippen molar-refractivity contribution in [3.8, 4) is 5.75 Å². The Morgan fingerprint density at radius 1 is 1.15 bits per heavy atom. The first kappa shape index (κ1) is 15.6. The van der Waals surface area contributed by atoms with Crippen molar-refractivity contribution in [2.45, 2.75) is 12.7 Å². The maximum absolute atomic E-state index is 6.03. The number of benzene rings is 2. The highest BCUT2D eigenvalue weighted by atomic mass is 127. The topological polar surface area (TPSA) is 18.5 Å². The second-order valence-electron chi connectivity index (χ2n) is 4.36. The SMILES string of the molecule is COc1cccc(COC(CI)c2cccc(Cl)c2)c1. The van der Waals surface area contributed by atoms with Gasteiger partial charge >= 0.3 is 0 Å². The van der Waals surface area contributed by atoms with Gasteiger partial charge in [-0.05, 0) is 35.4 Å². The highest BCUT2D eigenvalue weighted by molar-refractivity contribution is 14.1. The predicted octanol–water partition coefficient (Wildman–Crippen LogP) is 5.04. The van der Waals surface area contributed by atoms with Crippen molar-refractivity contribution in [2.24, 2.45) is 0 Å². The van der Waals surface area contributed by atoms with Gasteiger partial charge in [0.05, 0.1) is 19.8 Å². The van der Waals surface area contributed by atoms with Gasteiger partial charge in [0.15, 0.2) is 0 Å². The molecule has 1 unspecified atom stereocenters. The molecule has 0 radical (unpaired) electrons. The molecule has 0 aliphatic heterocycles. The van der Waals surface area contributed by atoms with Crippen LogP contribution in [0.1, 0.15) is 17.2 Å². The molecule has 0 saturated carbocycles. The lowest BCUT2D eigenvalue weighted by atomic mass is 10.1. The van der Waals surface area contributed by atoms with E-state index in [0.717, 1.165) is 26.3 Å². The van der Waals surface area contributed by atoms with E-state index in [1.54, 1.807) is 7.11 Å². The minimum absolute atomic E-state index is 0.0421. The van der Waals surface area contributed by atoms with E-state index >= 15 is 0 Å². The van der Waals surface area contributed by atoms with Crippen molar-refractivity contribution in [3.05, 3.63) is 64.7 Å². The molecule has 106 valence electrons. The van der Waals surface area contributed by atoms with Gasteiger partial charge in [-0.2, -0.15) is 0 Å². The predicted molar refractivity (Wildman–Crippen MR) is 90.9 cm³/mol. The first-order valence-electron chi connectivity index (χ1n) is 6.29. The fourth-order valence-corrected chi connectivity index (χ4v) is 2.86. The van der Waals surface area contributed by atoms with E-state index in [9.17, 15) is 0 Å². The van der Waals surface area contributed by atoms with Crippen LogP contribution >= 0.6 is 34.2 Å². The Balaban J connectivity index is 2.03. The Morgan fingerprint density at radius 3 is 2.65 bits per heavy atom. The van der Waals surface area contributed by atoms with E-state index < -0.39 is 0 Å². The molecule has 2 aromatic carbocycles. The summed E-state index contributed by atoms with van der Waals surface area (Å²) in [5.41, 5.74) is 2.20. The van der Waals surface area contributed by atoms with E-state index in [-0.39, 0.29) is 6.10 Å². The van der Waals surface area contributed by atoms with Crippen LogP contribution in [0.25, 0.3) is 0 Å². The molecule has 2 nitrogen and oxygen atoms in total. The molecule has 2 rings (SSSR count). The summed E-state index contributed by atoms with van der Waals surface area (Å²) in [5, 5.41) is 0.738. The van der Waals surface area contributed by atoms with E-state index in [1.165, 1.54) is 0 Å². The van der Waals surface area contributed by atoms with Crippen molar-refractivity contribution in [3.63, 3.8) is 0 Å². The molecule has 0 N–H and O–H groups in total. The highest BCUT2D eigenvalue weighted by Crippen LogP contribution is 2.24. The molecule has 0 saturated heterocycles. The molecule has 1 atom stereocenters. The second-order valence-corrected chi connectivity index (χ2v) is 5.68. The molecule has 2 aromatic rings. The maximum Gasteiger partial charge on any atom is 0.119 e. The van der Waals surface area contributed by atoms with Gasteiger partial charge in [0.1, 0.15) is 5.75 Å². The smallest absolute Gasteiger partial charge is 0.119 e. The third kappa shape index (κ3) is 4.36. The number of alkyl halides is 1. The van der Waals surface area contributed by atoms with Gasteiger partial charge in [-0.3, -0.25) is 0 Å². The normalized spacial score (nSPS) is 12.2. The zero-order valence-corrected chi connectivity index (χ0v) is 14.1. The summed E-state index contributed by atoms with van der Waals surface area (Å²) in [5.74, 6) is 0.847. The summed E-state index contributed by atoms with van der Waals surface area (Å²) < 4.78 is 12.1. The molecule has 0 fully saturated rings. The Bertz CT molecular complexity index is 560. The van der Waals surface area contributed by atoms with Crippen LogP contribution in [-0.4, -0.2) is 11.5 Å². The first-order valence-corrected chi connectivity index (χ1v) is 8.19. The fourth-order valence-electron chi connectivity index (χ4n) is 1.90. The molecule has 20 heavy (non-hydrogen) atoms. The summed E-state index contributed by atoms with van der Waals surface area (Å²) in [4.78, 5) is 0. The summed E-state index contributed by atoms with van der Waals surface area (Å²) in [7, 11) is 1.67. The van der Waals surface area contributed by atoms with Gasteiger partial charge in [0.2, 0.25) is 0 Å². The Kier molecular flexibility index (Phi) is 6.13. The fraction of sp³-hybridized carbons (Fsp3) is 0.250. The minimum atomic E-state index is 0.0421. The zero-order valence-electron chi connectivity index (χ0n) is 11.2. The molecular formula is C16H16ClIO2. The number of halogens is 2. The lowest BCUT2D eigenvalue weighted by Crippen LogP contribution is -2.06. The molecular weight excluding hydrogens is 387 g/mol. The van der Waals surface area contributed by atoms with Crippen LogP contribution < -0.4 is 4.74 Å². The standard InChI is InChI=1S/C16H16ClIO2/c1-19-15-7-2-4-12(8-15)11-20-16(10-18)13-5-3-6-14(17)9-13/h2-9,16H,10-11H2,1H3. The lowest BCUT2D eigenvalue weighted by molar-refractivity contribution is 0.0576. The van der Waals surface area contributed by atoms with Crippen molar-refractivity contribution in [2.75, 3.05) is 11.5 Å². The Hall–Kier alpha value is -0.780.